The minimum atomic E-state index is -4.37. The zero-order valence-corrected chi connectivity index (χ0v) is 10.3. The Morgan fingerprint density at radius 3 is 2.26 bits per heavy atom. The maximum atomic E-state index is 11.9. The molecule has 6 nitrogen and oxygen atoms in total. The molecule has 0 heterocycles. The molecule has 0 unspecified atom stereocenters. The van der Waals surface area contributed by atoms with Crippen molar-refractivity contribution in [2.24, 2.45) is 0 Å². The van der Waals surface area contributed by atoms with E-state index < -0.39 is 37.0 Å². The van der Waals surface area contributed by atoms with Crippen LogP contribution in [-0.4, -0.2) is 47.7 Å². The number of aliphatic carboxylic acids is 1. The molecule has 0 aliphatic rings. The van der Waals surface area contributed by atoms with Crippen LogP contribution >= 0.6 is 0 Å². The summed E-state index contributed by atoms with van der Waals surface area (Å²) in [7, 11) is 1.13. The topological polar surface area (TPSA) is 86.7 Å². The molecule has 0 fully saturated rings. The summed E-state index contributed by atoms with van der Waals surface area (Å²) in [4.78, 5) is 33.4. The lowest BCUT2D eigenvalue weighted by molar-refractivity contribution is -0.137. The van der Waals surface area contributed by atoms with Crippen molar-refractivity contribution >= 4 is 17.9 Å². The third-order valence-electron chi connectivity index (χ3n) is 2.12. The minimum Gasteiger partial charge on any atom is -0.481 e. The number of urea groups is 1. The molecule has 0 aliphatic heterocycles. The number of imide groups is 1. The van der Waals surface area contributed by atoms with Crippen LogP contribution in [0.4, 0.5) is 18.0 Å². The van der Waals surface area contributed by atoms with Gasteiger partial charge in [0.25, 0.3) is 0 Å². The summed E-state index contributed by atoms with van der Waals surface area (Å²) >= 11 is 0. The smallest absolute Gasteiger partial charge is 0.390 e. The molecule has 0 aromatic rings. The van der Waals surface area contributed by atoms with Gasteiger partial charge in [-0.1, -0.05) is 0 Å². The Bertz CT molecular complexity index is 344. The highest BCUT2D eigenvalue weighted by Gasteiger charge is 2.28. The molecular formula is C10H15F3N2O4. The van der Waals surface area contributed by atoms with E-state index in [2.05, 4.69) is 0 Å². The van der Waals surface area contributed by atoms with E-state index in [9.17, 15) is 27.6 Å². The van der Waals surface area contributed by atoms with Crippen molar-refractivity contribution in [2.45, 2.75) is 31.9 Å². The summed E-state index contributed by atoms with van der Waals surface area (Å²) in [6, 6.07) is -0.940. The van der Waals surface area contributed by atoms with E-state index in [1.165, 1.54) is 0 Å². The number of hydrogen-bond donors (Lipinski definition) is 2. The lowest BCUT2D eigenvalue weighted by Gasteiger charge is -2.18. The van der Waals surface area contributed by atoms with E-state index >= 15 is 0 Å². The molecule has 0 bridgehead atoms. The molecule has 110 valence electrons. The van der Waals surface area contributed by atoms with Crippen molar-refractivity contribution in [1.82, 2.24) is 10.2 Å². The maximum Gasteiger partial charge on any atom is 0.390 e. The van der Waals surface area contributed by atoms with Crippen molar-refractivity contribution in [3.05, 3.63) is 0 Å². The van der Waals surface area contributed by atoms with Crippen LogP contribution in [-0.2, 0) is 9.59 Å². The van der Waals surface area contributed by atoms with Gasteiger partial charge >= 0.3 is 18.2 Å². The fraction of sp³-hybridized carbons (Fsp3) is 0.700. The van der Waals surface area contributed by atoms with Gasteiger partial charge in [0.1, 0.15) is 0 Å². The van der Waals surface area contributed by atoms with Crippen molar-refractivity contribution in [3.8, 4) is 0 Å². The average Bonchev–Trinajstić information content (AvgIpc) is 2.24. The number of carboxylic acid groups (broad SMARTS) is 1. The highest BCUT2D eigenvalue weighted by molar-refractivity contribution is 5.94. The first-order chi connectivity index (χ1) is 8.61. The fourth-order valence-electron chi connectivity index (χ4n) is 1.07. The van der Waals surface area contributed by atoms with E-state index in [1.54, 1.807) is 0 Å². The lowest BCUT2D eigenvalue weighted by Crippen LogP contribution is -2.41. The van der Waals surface area contributed by atoms with Crippen LogP contribution in [0.15, 0.2) is 0 Å². The monoisotopic (exact) mass is 284 g/mol. The quantitative estimate of drug-likeness (QED) is 0.771. The molecule has 0 aromatic carbocycles. The van der Waals surface area contributed by atoms with Crippen LogP contribution in [0.1, 0.15) is 25.7 Å². The molecule has 0 radical (unpaired) electrons. The number of nitrogens with zero attached hydrogens (tertiary/aromatic N) is 1. The first-order valence-electron chi connectivity index (χ1n) is 5.45. The summed E-state index contributed by atoms with van der Waals surface area (Å²) in [5, 5.41) is 10.2. The predicted molar refractivity (Wildman–Crippen MR) is 58.3 cm³/mol. The van der Waals surface area contributed by atoms with Gasteiger partial charge in [0, 0.05) is 26.4 Å². The number of carboxylic acids is 1. The molecule has 0 rings (SSSR count). The summed E-state index contributed by atoms with van der Waals surface area (Å²) in [6.07, 6.45) is -5.87. The van der Waals surface area contributed by atoms with E-state index in [1.807, 2.05) is 5.32 Å². The summed E-state index contributed by atoms with van der Waals surface area (Å²) in [6.45, 7) is -0.558. The predicted octanol–water partition coefficient (Wildman–Crippen LogP) is 1.36. The Labute approximate surface area is 107 Å². The van der Waals surface area contributed by atoms with Crippen molar-refractivity contribution in [3.63, 3.8) is 0 Å². The highest BCUT2D eigenvalue weighted by Crippen LogP contribution is 2.19. The second-order valence-corrected chi connectivity index (χ2v) is 3.89. The van der Waals surface area contributed by atoms with Gasteiger partial charge in [-0.2, -0.15) is 13.2 Å². The molecule has 2 N–H and O–H groups in total. The maximum absolute atomic E-state index is 11.9. The normalized spacial score (nSPS) is 10.9. The number of nitrogens with one attached hydrogen (secondary N) is 1. The Morgan fingerprint density at radius 2 is 1.79 bits per heavy atom. The number of rotatable bonds is 6. The number of amides is 3. The Balaban J connectivity index is 3.94. The first-order valence-corrected chi connectivity index (χ1v) is 5.45. The van der Waals surface area contributed by atoms with Crippen LogP contribution in [0.2, 0.25) is 0 Å². The molecule has 0 saturated carbocycles. The van der Waals surface area contributed by atoms with Crippen molar-refractivity contribution in [2.75, 3.05) is 13.6 Å². The Kier molecular flexibility index (Phi) is 6.87. The molecule has 3 amide bonds. The Hall–Kier alpha value is -1.80. The average molecular weight is 284 g/mol. The largest absolute Gasteiger partial charge is 0.481 e. The van der Waals surface area contributed by atoms with Gasteiger partial charge in [-0.15, -0.1) is 0 Å². The number of carbonyl (C=O) groups is 3. The van der Waals surface area contributed by atoms with Crippen LogP contribution in [0.25, 0.3) is 0 Å². The zero-order chi connectivity index (χ0) is 15.1. The molecule has 0 aliphatic carbocycles. The minimum absolute atomic E-state index is 0.0563. The summed E-state index contributed by atoms with van der Waals surface area (Å²) in [5.74, 6) is -1.79. The van der Waals surface area contributed by atoms with E-state index in [-0.39, 0.29) is 19.3 Å². The third kappa shape index (κ3) is 9.86. The molecule has 19 heavy (non-hydrogen) atoms. The van der Waals surface area contributed by atoms with Gasteiger partial charge in [-0.25, -0.2) is 4.79 Å². The highest BCUT2D eigenvalue weighted by atomic mass is 19.4. The van der Waals surface area contributed by atoms with Gasteiger partial charge in [0.15, 0.2) is 0 Å². The molecule has 0 atom stereocenters. The van der Waals surface area contributed by atoms with Gasteiger partial charge < -0.3 is 10.0 Å². The van der Waals surface area contributed by atoms with Crippen LogP contribution in [0.5, 0.6) is 0 Å². The summed E-state index contributed by atoms with van der Waals surface area (Å²) in [5.41, 5.74) is 0. The van der Waals surface area contributed by atoms with Gasteiger partial charge in [0.05, 0.1) is 6.42 Å². The lowest BCUT2D eigenvalue weighted by atomic mass is 10.2. The Morgan fingerprint density at radius 1 is 1.21 bits per heavy atom. The molecule has 9 heteroatoms. The molecule has 0 saturated heterocycles. The second-order valence-electron chi connectivity index (χ2n) is 3.89. The summed E-state index contributed by atoms with van der Waals surface area (Å²) < 4.78 is 35.7. The molecule has 0 spiro atoms. The number of hydrogen-bond acceptors (Lipinski definition) is 3. The first kappa shape index (κ1) is 17.2. The van der Waals surface area contributed by atoms with E-state index in [4.69, 9.17) is 5.11 Å². The zero-order valence-electron chi connectivity index (χ0n) is 10.3. The van der Waals surface area contributed by atoms with Crippen molar-refractivity contribution < 1.29 is 32.7 Å². The number of alkyl halides is 3. The SMILES string of the molecule is CN(CCC(F)(F)F)C(=O)NC(=O)CCCC(=O)O. The second kappa shape index (κ2) is 7.59. The molecular weight excluding hydrogens is 269 g/mol. The van der Waals surface area contributed by atoms with E-state index in [0.29, 0.717) is 0 Å². The standard InChI is InChI=1S/C10H15F3N2O4/c1-15(6-5-10(11,12)13)9(19)14-7(16)3-2-4-8(17)18/h2-6H2,1H3,(H,17,18)(H,14,16,19). The fourth-order valence-corrected chi connectivity index (χ4v) is 1.07. The van der Waals surface area contributed by atoms with Crippen LogP contribution in [0.3, 0.4) is 0 Å². The van der Waals surface area contributed by atoms with Gasteiger partial charge in [-0.05, 0) is 6.42 Å². The number of halogens is 3. The number of carbonyl (C=O) groups excluding carboxylic acids is 2. The third-order valence-corrected chi connectivity index (χ3v) is 2.12. The van der Waals surface area contributed by atoms with Crippen LogP contribution < -0.4 is 5.32 Å². The van der Waals surface area contributed by atoms with Crippen molar-refractivity contribution in [1.29, 1.82) is 0 Å². The van der Waals surface area contributed by atoms with Gasteiger partial charge in [-0.3, -0.25) is 14.9 Å². The van der Waals surface area contributed by atoms with E-state index in [0.717, 1.165) is 11.9 Å². The van der Waals surface area contributed by atoms with Gasteiger partial charge in [0.2, 0.25) is 5.91 Å². The molecule has 0 aromatic heterocycles. The van der Waals surface area contributed by atoms with Crippen LogP contribution in [0, 0.1) is 0 Å².